The molecule has 2 rings (SSSR count). The topological polar surface area (TPSA) is 42.0 Å². The number of aryl methyl sites for hydroxylation is 3. The first kappa shape index (κ1) is 14.5. The lowest BCUT2D eigenvalue weighted by molar-refractivity contribution is -0.116. The number of carbonyl (C=O) groups excluding carboxylic acids is 1. The SMILES string of the molecule is Cc1ccc(CCC(=O)Nc2ncccc2C)cc1Cl. The van der Waals surface area contributed by atoms with Crippen molar-refractivity contribution < 1.29 is 4.79 Å². The molecule has 0 bridgehead atoms. The highest BCUT2D eigenvalue weighted by Gasteiger charge is 2.06. The molecule has 0 aliphatic rings. The monoisotopic (exact) mass is 288 g/mol. The number of nitrogens with one attached hydrogen (secondary N) is 1. The fourth-order valence-corrected chi connectivity index (χ4v) is 2.06. The molecule has 3 nitrogen and oxygen atoms in total. The van der Waals surface area contributed by atoms with Gasteiger partial charge in [-0.2, -0.15) is 0 Å². The Balaban J connectivity index is 1.92. The van der Waals surface area contributed by atoms with Crippen LogP contribution in [0.25, 0.3) is 0 Å². The van der Waals surface area contributed by atoms with Gasteiger partial charge in [-0.25, -0.2) is 4.98 Å². The highest BCUT2D eigenvalue weighted by molar-refractivity contribution is 6.31. The van der Waals surface area contributed by atoms with E-state index >= 15 is 0 Å². The van der Waals surface area contributed by atoms with E-state index in [0.717, 1.165) is 21.7 Å². The zero-order valence-corrected chi connectivity index (χ0v) is 12.4. The molecule has 1 N–H and O–H groups in total. The van der Waals surface area contributed by atoms with Gasteiger partial charge in [0.2, 0.25) is 5.91 Å². The van der Waals surface area contributed by atoms with E-state index in [0.29, 0.717) is 18.7 Å². The van der Waals surface area contributed by atoms with E-state index in [1.165, 1.54) is 0 Å². The molecule has 0 aliphatic heterocycles. The van der Waals surface area contributed by atoms with Crippen LogP contribution in [0.3, 0.4) is 0 Å². The van der Waals surface area contributed by atoms with Crippen molar-refractivity contribution in [2.45, 2.75) is 26.7 Å². The molecule has 20 heavy (non-hydrogen) atoms. The van der Waals surface area contributed by atoms with Gasteiger partial charge in [0, 0.05) is 17.6 Å². The van der Waals surface area contributed by atoms with Crippen molar-refractivity contribution in [1.29, 1.82) is 0 Å². The minimum absolute atomic E-state index is 0.0384. The molecule has 0 radical (unpaired) electrons. The number of hydrogen-bond acceptors (Lipinski definition) is 2. The van der Waals surface area contributed by atoms with Gasteiger partial charge in [0.25, 0.3) is 0 Å². The number of amides is 1. The van der Waals surface area contributed by atoms with Gasteiger partial charge in [-0.15, -0.1) is 0 Å². The van der Waals surface area contributed by atoms with Crippen molar-refractivity contribution in [3.63, 3.8) is 0 Å². The van der Waals surface area contributed by atoms with Gasteiger partial charge in [-0.3, -0.25) is 4.79 Å². The summed E-state index contributed by atoms with van der Waals surface area (Å²) >= 11 is 6.07. The van der Waals surface area contributed by atoms with Crippen molar-refractivity contribution >= 4 is 23.3 Å². The molecule has 0 saturated heterocycles. The Morgan fingerprint density at radius 2 is 2.05 bits per heavy atom. The number of benzene rings is 1. The second kappa shape index (κ2) is 6.53. The molecule has 104 valence electrons. The van der Waals surface area contributed by atoms with Gasteiger partial charge in [-0.1, -0.05) is 29.8 Å². The third-order valence-electron chi connectivity index (χ3n) is 3.14. The molecule has 0 atom stereocenters. The Kier molecular flexibility index (Phi) is 4.74. The van der Waals surface area contributed by atoms with Gasteiger partial charge in [0.1, 0.15) is 5.82 Å². The summed E-state index contributed by atoms with van der Waals surface area (Å²) in [6.07, 6.45) is 2.75. The Labute approximate surface area is 124 Å². The van der Waals surface area contributed by atoms with Crippen molar-refractivity contribution in [3.8, 4) is 0 Å². The fraction of sp³-hybridized carbons (Fsp3) is 0.250. The zero-order chi connectivity index (χ0) is 14.5. The van der Waals surface area contributed by atoms with Gasteiger partial charge in [0.05, 0.1) is 0 Å². The molecule has 0 aliphatic carbocycles. The summed E-state index contributed by atoms with van der Waals surface area (Å²) in [7, 11) is 0. The molecule has 1 aromatic carbocycles. The molecule has 4 heteroatoms. The molecule has 0 saturated carbocycles. The van der Waals surface area contributed by atoms with Crippen LogP contribution >= 0.6 is 11.6 Å². The summed E-state index contributed by atoms with van der Waals surface area (Å²) in [5.41, 5.74) is 3.07. The number of pyridine rings is 1. The quantitative estimate of drug-likeness (QED) is 0.926. The smallest absolute Gasteiger partial charge is 0.225 e. The molecule has 0 fully saturated rings. The lowest BCUT2D eigenvalue weighted by Crippen LogP contribution is -2.14. The summed E-state index contributed by atoms with van der Waals surface area (Å²) in [5, 5.41) is 3.56. The second-order valence-corrected chi connectivity index (χ2v) is 5.21. The van der Waals surface area contributed by atoms with Gasteiger partial charge >= 0.3 is 0 Å². The number of rotatable bonds is 4. The zero-order valence-electron chi connectivity index (χ0n) is 11.6. The summed E-state index contributed by atoms with van der Waals surface area (Å²) < 4.78 is 0. The highest BCUT2D eigenvalue weighted by Crippen LogP contribution is 2.18. The number of nitrogens with zero attached hydrogens (tertiary/aromatic N) is 1. The standard InChI is InChI=1S/C16H17ClN2O/c1-11-5-6-13(10-14(11)17)7-8-15(20)19-16-12(2)4-3-9-18-16/h3-6,9-10H,7-8H2,1-2H3,(H,18,19,20). The summed E-state index contributed by atoms with van der Waals surface area (Å²) in [6, 6.07) is 9.65. The van der Waals surface area contributed by atoms with Crippen LogP contribution in [-0.2, 0) is 11.2 Å². The maximum Gasteiger partial charge on any atom is 0.225 e. The predicted molar refractivity (Wildman–Crippen MR) is 82.1 cm³/mol. The summed E-state index contributed by atoms with van der Waals surface area (Å²) in [6.45, 7) is 3.88. The van der Waals surface area contributed by atoms with Crippen LogP contribution in [0.15, 0.2) is 36.5 Å². The number of carbonyl (C=O) groups is 1. The third-order valence-corrected chi connectivity index (χ3v) is 3.55. The van der Waals surface area contributed by atoms with E-state index in [2.05, 4.69) is 10.3 Å². The number of anilines is 1. The second-order valence-electron chi connectivity index (χ2n) is 4.80. The van der Waals surface area contributed by atoms with E-state index in [-0.39, 0.29) is 5.91 Å². The van der Waals surface area contributed by atoms with Crippen LogP contribution in [0.5, 0.6) is 0 Å². The minimum Gasteiger partial charge on any atom is -0.310 e. The maximum atomic E-state index is 11.9. The summed E-state index contributed by atoms with van der Waals surface area (Å²) in [5.74, 6) is 0.586. The van der Waals surface area contributed by atoms with Crippen LogP contribution in [-0.4, -0.2) is 10.9 Å². The minimum atomic E-state index is -0.0384. The first-order valence-corrected chi connectivity index (χ1v) is 6.90. The highest BCUT2D eigenvalue weighted by atomic mass is 35.5. The van der Waals surface area contributed by atoms with Crippen molar-refractivity contribution in [2.75, 3.05) is 5.32 Å². The van der Waals surface area contributed by atoms with Crippen molar-refractivity contribution in [3.05, 3.63) is 58.2 Å². The first-order valence-electron chi connectivity index (χ1n) is 6.53. The molecular formula is C16H17ClN2O. The number of hydrogen-bond donors (Lipinski definition) is 1. The van der Waals surface area contributed by atoms with E-state index in [1.807, 2.05) is 44.2 Å². The van der Waals surface area contributed by atoms with Gasteiger partial charge in [-0.05, 0) is 49.1 Å². The molecule has 2 aromatic rings. The van der Waals surface area contributed by atoms with E-state index in [9.17, 15) is 4.79 Å². The third kappa shape index (κ3) is 3.81. The lowest BCUT2D eigenvalue weighted by Gasteiger charge is -2.07. The number of aromatic nitrogens is 1. The van der Waals surface area contributed by atoms with E-state index in [1.54, 1.807) is 6.20 Å². The summed E-state index contributed by atoms with van der Waals surface area (Å²) in [4.78, 5) is 16.1. The lowest BCUT2D eigenvalue weighted by atomic mass is 10.1. The van der Waals surface area contributed by atoms with Crippen molar-refractivity contribution in [1.82, 2.24) is 4.98 Å². The normalized spacial score (nSPS) is 10.3. The molecule has 0 unspecified atom stereocenters. The maximum absolute atomic E-state index is 11.9. The number of halogens is 1. The average molecular weight is 289 g/mol. The Morgan fingerprint density at radius 1 is 1.25 bits per heavy atom. The molecular weight excluding hydrogens is 272 g/mol. The van der Waals surface area contributed by atoms with E-state index < -0.39 is 0 Å². The predicted octanol–water partition coefficient (Wildman–Crippen LogP) is 3.92. The fourth-order valence-electron chi connectivity index (χ4n) is 1.86. The van der Waals surface area contributed by atoms with Crippen LogP contribution in [0.2, 0.25) is 5.02 Å². The van der Waals surface area contributed by atoms with Gasteiger partial charge < -0.3 is 5.32 Å². The first-order chi connectivity index (χ1) is 9.56. The Hall–Kier alpha value is -1.87. The molecule has 1 amide bonds. The van der Waals surface area contributed by atoms with Crippen LogP contribution in [0.4, 0.5) is 5.82 Å². The van der Waals surface area contributed by atoms with E-state index in [4.69, 9.17) is 11.6 Å². The van der Waals surface area contributed by atoms with Crippen molar-refractivity contribution in [2.24, 2.45) is 0 Å². The van der Waals surface area contributed by atoms with Crippen LogP contribution < -0.4 is 5.32 Å². The molecule has 1 heterocycles. The van der Waals surface area contributed by atoms with Crippen LogP contribution in [0.1, 0.15) is 23.1 Å². The Bertz CT molecular complexity index is 626. The average Bonchev–Trinajstić information content (AvgIpc) is 2.43. The molecule has 0 spiro atoms. The largest absolute Gasteiger partial charge is 0.310 e. The Morgan fingerprint density at radius 3 is 2.75 bits per heavy atom. The van der Waals surface area contributed by atoms with Crippen LogP contribution in [0, 0.1) is 13.8 Å². The molecule has 1 aromatic heterocycles. The van der Waals surface area contributed by atoms with Gasteiger partial charge in [0.15, 0.2) is 0 Å².